The van der Waals surface area contributed by atoms with E-state index in [1.165, 1.54) is 5.56 Å². The largest absolute Gasteiger partial charge is 0.490 e. The van der Waals surface area contributed by atoms with Gasteiger partial charge in [-0.15, -0.1) is 0 Å². The molecule has 2 N–H and O–H groups in total. The molecule has 2 aliphatic rings. The Hall–Kier alpha value is -1.10. The van der Waals surface area contributed by atoms with Gasteiger partial charge in [-0.1, -0.05) is 12.1 Å². The minimum absolute atomic E-state index is 0.237. The van der Waals surface area contributed by atoms with Crippen LogP contribution in [0.5, 0.6) is 5.75 Å². The zero-order chi connectivity index (χ0) is 16.3. The first-order valence-electron chi connectivity index (χ1n) is 8.95. The second kappa shape index (κ2) is 7.20. The maximum atomic E-state index is 6.53. The van der Waals surface area contributed by atoms with Crippen molar-refractivity contribution in [3.05, 3.63) is 29.8 Å². The first-order valence-corrected chi connectivity index (χ1v) is 8.95. The number of likely N-dealkylation sites (tertiary alicyclic amines) is 1. The Kier molecular flexibility index (Phi) is 5.24. The van der Waals surface area contributed by atoms with Crippen molar-refractivity contribution in [2.45, 2.75) is 57.2 Å². The molecule has 0 amide bonds. The number of hydrogen-bond donors (Lipinski definition) is 1. The molecule has 4 heteroatoms. The molecule has 23 heavy (non-hydrogen) atoms. The van der Waals surface area contributed by atoms with Gasteiger partial charge in [0, 0.05) is 37.9 Å². The van der Waals surface area contributed by atoms with Crippen molar-refractivity contribution in [3.8, 4) is 5.75 Å². The molecule has 2 aliphatic heterocycles. The highest BCUT2D eigenvalue weighted by Gasteiger charge is 2.30. The quantitative estimate of drug-likeness (QED) is 0.927. The molecule has 2 heterocycles. The number of benzene rings is 1. The average Bonchev–Trinajstić information content (AvgIpc) is 2.56. The van der Waals surface area contributed by atoms with Gasteiger partial charge in [0.1, 0.15) is 11.9 Å². The van der Waals surface area contributed by atoms with Gasteiger partial charge in [-0.2, -0.15) is 0 Å². The third kappa shape index (κ3) is 4.06. The van der Waals surface area contributed by atoms with E-state index in [1.807, 2.05) is 0 Å². The van der Waals surface area contributed by atoms with E-state index in [9.17, 15) is 0 Å². The van der Waals surface area contributed by atoms with Gasteiger partial charge in [0.15, 0.2) is 0 Å². The molecule has 0 unspecified atom stereocenters. The monoisotopic (exact) mass is 318 g/mol. The summed E-state index contributed by atoms with van der Waals surface area (Å²) in [5.41, 5.74) is 7.49. The maximum absolute atomic E-state index is 6.53. The molecular formula is C19H30N2O2. The topological polar surface area (TPSA) is 47.7 Å². The standard InChI is InChI=1S/C19H30N2O2/c1-15(2)21-11-7-18(8-12-21)23-17-5-3-16(4-6-17)19(20)9-13-22-14-10-19/h3-6,15,18H,7-14,20H2,1-2H3. The van der Waals surface area contributed by atoms with E-state index in [-0.39, 0.29) is 5.54 Å². The Morgan fingerprint density at radius 3 is 2.30 bits per heavy atom. The first kappa shape index (κ1) is 16.7. The third-order valence-electron chi connectivity index (χ3n) is 5.32. The lowest BCUT2D eigenvalue weighted by molar-refractivity contribution is 0.0522. The molecular weight excluding hydrogens is 288 g/mol. The number of nitrogens with two attached hydrogens (primary N) is 1. The summed E-state index contributed by atoms with van der Waals surface area (Å²) in [5, 5.41) is 0. The fraction of sp³-hybridized carbons (Fsp3) is 0.684. The molecule has 0 spiro atoms. The number of hydrogen-bond acceptors (Lipinski definition) is 4. The summed E-state index contributed by atoms with van der Waals surface area (Å²) in [6.07, 6.45) is 4.34. The molecule has 0 radical (unpaired) electrons. The van der Waals surface area contributed by atoms with Gasteiger partial charge < -0.3 is 20.1 Å². The summed E-state index contributed by atoms with van der Waals surface area (Å²) in [7, 11) is 0. The predicted molar refractivity (Wildman–Crippen MR) is 92.7 cm³/mol. The van der Waals surface area contributed by atoms with Gasteiger partial charge in [0.05, 0.1) is 0 Å². The van der Waals surface area contributed by atoms with Crippen LogP contribution in [0.15, 0.2) is 24.3 Å². The second-order valence-corrected chi connectivity index (χ2v) is 7.24. The minimum atomic E-state index is -0.237. The number of ether oxygens (including phenoxy) is 2. The molecule has 0 saturated carbocycles. The highest BCUT2D eigenvalue weighted by molar-refractivity contribution is 5.32. The number of nitrogens with zero attached hydrogens (tertiary/aromatic N) is 1. The Morgan fingerprint density at radius 1 is 1.13 bits per heavy atom. The van der Waals surface area contributed by atoms with E-state index in [2.05, 4.69) is 43.0 Å². The van der Waals surface area contributed by atoms with Crippen molar-refractivity contribution in [2.24, 2.45) is 5.73 Å². The SMILES string of the molecule is CC(C)N1CCC(Oc2ccc(C3(N)CCOCC3)cc2)CC1. The number of rotatable bonds is 4. The molecule has 0 aliphatic carbocycles. The summed E-state index contributed by atoms with van der Waals surface area (Å²) in [4.78, 5) is 2.52. The lowest BCUT2D eigenvalue weighted by atomic mass is 9.84. The normalized spacial score (nSPS) is 23.1. The zero-order valence-electron chi connectivity index (χ0n) is 14.5. The zero-order valence-corrected chi connectivity index (χ0v) is 14.5. The van der Waals surface area contributed by atoms with E-state index < -0.39 is 0 Å². The summed E-state index contributed by atoms with van der Waals surface area (Å²) >= 11 is 0. The Morgan fingerprint density at radius 2 is 1.74 bits per heavy atom. The van der Waals surface area contributed by atoms with Crippen LogP contribution >= 0.6 is 0 Å². The fourth-order valence-corrected chi connectivity index (χ4v) is 3.59. The van der Waals surface area contributed by atoms with Crippen LogP contribution in [0.4, 0.5) is 0 Å². The van der Waals surface area contributed by atoms with Crippen LogP contribution < -0.4 is 10.5 Å². The van der Waals surface area contributed by atoms with Gasteiger partial charge in [0.25, 0.3) is 0 Å². The molecule has 1 aromatic rings. The third-order valence-corrected chi connectivity index (χ3v) is 5.32. The molecule has 0 atom stereocenters. The molecule has 2 saturated heterocycles. The molecule has 2 fully saturated rings. The first-order chi connectivity index (χ1) is 11.1. The maximum Gasteiger partial charge on any atom is 0.119 e. The minimum Gasteiger partial charge on any atom is -0.490 e. The van der Waals surface area contributed by atoms with Crippen molar-refractivity contribution in [3.63, 3.8) is 0 Å². The van der Waals surface area contributed by atoms with Crippen molar-refractivity contribution < 1.29 is 9.47 Å². The highest BCUT2D eigenvalue weighted by atomic mass is 16.5. The van der Waals surface area contributed by atoms with Crippen molar-refractivity contribution in [1.82, 2.24) is 4.90 Å². The second-order valence-electron chi connectivity index (χ2n) is 7.24. The Labute approximate surface area is 139 Å². The van der Waals surface area contributed by atoms with E-state index in [0.29, 0.717) is 12.1 Å². The summed E-state index contributed by atoms with van der Waals surface area (Å²) < 4.78 is 11.6. The molecule has 128 valence electrons. The Balaban J connectivity index is 1.56. The van der Waals surface area contributed by atoms with Crippen LogP contribution in [0.1, 0.15) is 45.1 Å². The van der Waals surface area contributed by atoms with Crippen LogP contribution in [-0.2, 0) is 10.3 Å². The van der Waals surface area contributed by atoms with Gasteiger partial charge in [-0.25, -0.2) is 0 Å². The van der Waals surface area contributed by atoms with Crippen LogP contribution in [0.25, 0.3) is 0 Å². The fourth-order valence-electron chi connectivity index (χ4n) is 3.59. The molecule has 4 nitrogen and oxygen atoms in total. The smallest absolute Gasteiger partial charge is 0.119 e. The predicted octanol–water partition coefficient (Wildman–Crippen LogP) is 2.90. The summed E-state index contributed by atoms with van der Waals surface area (Å²) in [5.74, 6) is 0.965. The van der Waals surface area contributed by atoms with Gasteiger partial charge in [0.2, 0.25) is 0 Å². The van der Waals surface area contributed by atoms with Gasteiger partial charge in [-0.05, 0) is 57.2 Å². The molecule has 0 aromatic heterocycles. The van der Waals surface area contributed by atoms with Crippen molar-refractivity contribution in [2.75, 3.05) is 26.3 Å². The van der Waals surface area contributed by atoms with E-state index in [0.717, 1.165) is 57.7 Å². The lowest BCUT2D eigenvalue weighted by Crippen LogP contribution is -2.42. The average molecular weight is 318 g/mol. The van der Waals surface area contributed by atoms with Crippen LogP contribution in [0.3, 0.4) is 0 Å². The molecule has 1 aromatic carbocycles. The molecule has 0 bridgehead atoms. The van der Waals surface area contributed by atoms with Crippen LogP contribution in [-0.4, -0.2) is 43.3 Å². The van der Waals surface area contributed by atoms with E-state index in [1.54, 1.807) is 0 Å². The highest BCUT2D eigenvalue weighted by Crippen LogP contribution is 2.31. The van der Waals surface area contributed by atoms with Crippen molar-refractivity contribution in [1.29, 1.82) is 0 Å². The summed E-state index contributed by atoms with van der Waals surface area (Å²) in [6, 6.07) is 9.05. The molecule has 3 rings (SSSR count). The number of piperidine rings is 1. The summed E-state index contributed by atoms with van der Waals surface area (Å²) in [6.45, 7) is 8.29. The van der Waals surface area contributed by atoms with E-state index in [4.69, 9.17) is 15.2 Å². The van der Waals surface area contributed by atoms with Gasteiger partial charge >= 0.3 is 0 Å². The Bertz CT molecular complexity index is 487. The van der Waals surface area contributed by atoms with Crippen LogP contribution in [0, 0.1) is 0 Å². The van der Waals surface area contributed by atoms with E-state index >= 15 is 0 Å². The van der Waals surface area contributed by atoms with Crippen LogP contribution in [0.2, 0.25) is 0 Å². The van der Waals surface area contributed by atoms with Crippen molar-refractivity contribution >= 4 is 0 Å². The lowest BCUT2D eigenvalue weighted by Gasteiger charge is -2.35. The van der Waals surface area contributed by atoms with Gasteiger partial charge in [-0.3, -0.25) is 0 Å².